The maximum absolute atomic E-state index is 11.8. The first-order chi connectivity index (χ1) is 8.41. The fraction of sp³-hybridized carbons (Fsp3) is 0.929. The number of hydrogen-bond donors (Lipinski definition) is 0. The molecule has 2 nitrogen and oxygen atoms in total. The van der Waals surface area contributed by atoms with Crippen molar-refractivity contribution in [2.75, 3.05) is 13.3 Å². The van der Waals surface area contributed by atoms with Gasteiger partial charge in [0.2, 0.25) is 0 Å². The molecule has 0 aliphatic rings. The fourth-order valence-corrected chi connectivity index (χ4v) is 1.92. The van der Waals surface area contributed by atoms with Crippen LogP contribution in [0, 0.1) is 0 Å². The Morgan fingerprint density at radius 1 is 0.706 bits per heavy atom. The van der Waals surface area contributed by atoms with Crippen molar-refractivity contribution in [3.05, 3.63) is 0 Å². The maximum Gasteiger partial charge on any atom is 0.293 e. The Hall–Kier alpha value is -0.600. The van der Waals surface area contributed by atoms with E-state index < -0.39 is 0 Å². The second-order valence-corrected chi connectivity index (χ2v) is 4.55. The summed E-state index contributed by atoms with van der Waals surface area (Å²) in [5.74, 6) is 0. The van der Waals surface area contributed by atoms with Crippen LogP contribution in [-0.2, 0) is 9.53 Å². The molecule has 0 aromatic carbocycles. The van der Waals surface area contributed by atoms with E-state index in [2.05, 4.69) is 4.74 Å². The van der Waals surface area contributed by atoms with Gasteiger partial charge in [0.15, 0.2) is 0 Å². The highest BCUT2D eigenvalue weighted by molar-refractivity contribution is 5.36. The summed E-state index contributed by atoms with van der Waals surface area (Å²) in [4.78, 5) is 9.86. The number of rotatable bonds is 14. The molecule has 0 saturated carbocycles. The zero-order chi connectivity index (χ0) is 12.6. The molecule has 0 amide bonds. The van der Waals surface area contributed by atoms with Crippen molar-refractivity contribution in [3.8, 4) is 0 Å². The third-order valence-corrected chi connectivity index (χ3v) is 2.96. The van der Waals surface area contributed by atoms with Crippen LogP contribution in [0.1, 0.15) is 70.6 Å². The standard InChI is InChI=1S/C14H27FO2/c15-12-10-8-6-4-2-1-3-5-7-9-11-13-17-14-16/h14H,1-13H2. The van der Waals surface area contributed by atoms with E-state index in [1.165, 1.54) is 44.9 Å². The minimum absolute atomic E-state index is 0.159. The zero-order valence-corrected chi connectivity index (χ0v) is 11.0. The molecular formula is C14H27FO2. The normalized spacial score (nSPS) is 10.4. The SMILES string of the molecule is O=COCCCCCCCCCCCCCF. The van der Waals surface area contributed by atoms with Gasteiger partial charge in [-0.25, -0.2) is 0 Å². The van der Waals surface area contributed by atoms with Crippen LogP contribution < -0.4 is 0 Å². The summed E-state index contributed by atoms with van der Waals surface area (Å²) in [6.07, 6.45) is 12.8. The minimum atomic E-state index is -0.159. The number of carbonyl (C=O) groups is 1. The van der Waals surface area contributed by atoms with Gasteiger partial charge in [0.25, 0.3) is 6.47 Å². The Morgan fingerprint density at radius 3 is 1.53 bits per heavy atom. The smallest absolute Gasteiger partial charge is 0.293 e. The largest absolute Gasteiger partial charge is 0.468 e. The first-order valence-corrected chi connectivity index (χ1v) is 7.03. The van der Waals surface area contributed by atoms with Crippen LogP contribution in [0.5, 0.6) is 0 Å². The van der Waals surface area contributed by atoms with Crippen LogP contribution in [0.2, 0.25) is 0 Å². The molecule has 0 saturated heterocycles. The van der Waals surface area contributed by atoms with Crippen molar-refractivity contribution in [3.63, 3.8) is 0 Å². The molecule has 0 unspecified atom stereocenters. The third kappa shape index (κ3) is 15.4. The van der Waals surface area contributed by atoms with Crippen molar-refractivity contribution >= 4 is 6.47 Å². The molecule has 0 fully saturated rings. The lowest BCUT2D eigenvalue weighted by atomic mass is 10.1. The van der Waals surface area contributed by atoms with Crippen LogP contribution in [0.25, 0.3) is 0 Å². The van der Waals surface area contributed by atoms with Crippen LogP contribution in [-0.4, -0.2) is 19.8 Å². The second kappa shape index (κ2) is 15.4. The van der Waals surface area contributed by atoms with Crippen molar-refractivity contribution in [1.82, 2.24) is 0 Å². The van der Waals surface area contributed by atoms with Gasteiger partial charge in [0.05, 0.1) is 13.3 Å². The molecule has 0 aromatic rings. The van der Waals surface area contributed by atoms with E-state index >= 15 is 0 Å². The van der Waals surface area contributed by atoms with Crippen molar-refractivity contribution in [2.45, 2.75) is 70.6 Å². The molecule has 0 radical (unpaired) electrons. The highest BCUT2D eigenvalue weighted by atomic mass is 19.1. The first kappa shape index (κ1) is 16.4. The molecule has 0 spiro atoms. The van der Waals surface area contributed by atoms with Crippen LogP contribution in [0.4, 0.5) is 4.39 Å². The van der Waals surface area contributed by atoms with E-state index in [0.29, 0.717) is 13.1 Å². The number of alkyl halides is 1. The average Bonchev–Trinajstić information content (AvgIpc) is 2.35. The molecule has 0 aliphatic carbocycles. The topological polar surface area (TPSA) is 26.3 Å². The van der Waals surface area contributed by atoms with E-state index in [9.17, 15) is 9.18 Å². The van der Waals surface area contributed by atoms with Crippen LogP contribution in [0.15, 0.2) is 0 Å². The van der Waals surface area contributed by atoms with Crippen molar-refractivity contribution in [2.24, 2.45) is 0 Å². The fourth-order valence-electron chi connectivity index (χ4n) is 1.92. The van der Waals surface area contributed by atoms with Crippen LogP contribution >= 0.6 is 0 Å². The average molecular weight is 246 g/mol. The van der Waals surface area contributed by atoms with E-state index in [1.807, 2.05) is 0 Å². The van der Waals surface area contributed by atoms with E-state index in [4.69, 9.17) is 0 Å². The molecule has 0 bridgehead atoms. The molecule has 0 N–H and O–H groups in total. The number of unbranched alkanes of at least 4 members (excludes halogenated alkanes) is 10. The Balaban J connectivity index is 2.87. The summed E-state index contributed by atoms with van der Waals surface area (Å²) in [5.41, 5.74) is 0. The van der Waals surface area contributed by atoms with E-state index in [1.54, 1.807) is 0 Å². The number of carbonyl (C=O) groups excluding carboxylic acids is 1. The molecular weight excluding hydrogens is 219 g/mol. The molecule has 0 aliphatic heterocycles. The zero-order valence-electron chi connectivity index (χ0n) is 11.0. The predicted molar refractivity (Wildman–Crippen MR) is 68.8 cm³/mol. The first-order valence-electron chi connectivity index (χ1n) is 7.03. The monoisotopic (exact) mass is 246 g/mol. The maximum atomic E-state index is 11.8. The van der Waals surface area contributed by atoms with Crippen molar-refractivity contribution < 1.29 is 13.9 Å². The summed E-state index contributed by atoms with van der Waals surface area (Å²) in [7, 11) is 0. The Labute approximate surface area is 105 Å². The lowest BCUT2D eigenvalue weighted by Crippen LogP contribution is -1.91. The molecule has 0 aromatic heterocycles. The Kier molecular flexibility index (Phi) is 14.9. The van der Waals surface area contributed by atoms with Gasteiger partial charge in [-0.05, 0) is 12.8 Å². The molecule has 0 heterocycles. The molecule has 0 atom stereocenters. The Morgan fingerprint density at radius 2 is 1.12 bits per heavy atom. The molecule has 17 heavy (non-hydrogen) atoms. The number of halogens is 1. The number of hydrogen-bond acceptors (Lipinski definition) is 2. The second-order valence-electron chi connectivity index (χ2n) is 4.55. The Bertz CT molecular complexity index is 151. The summed E-state index contributed by atoms with van der Waals surface area (Å²) in [6, 6.07) is 0. The lowest BCUT2D eigenvalue weighted by molar-refractivity contribution is -0.128. The molecule has 3 heteroatoms. The quantitative estimate of drug-likeness (QED) is 0.335. The summed E-state index contributed by atoms with van der Waals surface area (Å²) in [6.45, 7) is 0.925. The number of ether oxygens (including phenoxy) is 1. The predicted octanol–water partition coefficient (Wildman–Crippen LogP) is 4.42. The van der Waals surface area contributed by atoms with Gasteiger partial charge in [-0.1, -0.05) is 57.8 Å². The minimum Gasteiger partial charge on any atom is -0.468 e. The molecule has 0 rings (SSSR count). The van der Waals surface area contributed by atoms with E-state index in [0.717, 1.165) is 25.7 Å². The summed E-state index contributed by atoms with van der Waals surface area (Å²) < 4.78 is 16.4. The summed E-state index contributed by atoms with van der Waals surface area (Å²) >= 11 is 0. The van der Waals surface area contributed by atoms with Gasteiger partial charge >= 0.3 is 0 Å². The van der Waals surface area contributed by atoms with Gasteiger partial charge in [0, 0.05) is 0 Å². The van der Waals surface area contributed by atoms with Crippen LogP contribution in [0.3, 0.4) is 0 Å². The highest BCUT2D eigenvalue weighted by Gasteiger charge is 1.93. The molecule has 102 valence electrons. The van der Waals surface area contributed by atoms with Gasteiger partial charge < -0.3 is 4.74 Å². The third-order valence-electron chi connectivity index (χ3n) is 2.96. The van der Waals surface area contributed by atoms with E-state index in [-0.39, 0.29) is 6.67 Å². The summed E-state index contributed by atoms with van der Waals surface area (Å²) in [5, 5.41) is 0. The van der Waals surface area contributed by atoms with Crippen molar-refractivity contribution in [1.29, 1.82) is 0 Å². The van der Waals surface area contributed by atoms with Gasteiger partial charge in [-0.3, -0.25) is 9.18 Å². The van der Waals surface area contributed by atoms with Gasteiger partial charge in [-0.2, -0.15) is 0 Å². The van der Waals surface area contributed by atoms with Gasteiger partial charge in [-0.15, -0.1) is 0 Å². The highest BCUT2D eigenvalue weighted by Crippen LogP contribution is 2.11. The van der Waals surface area contributed by atoms with Gasteiger partial charge in [0.1, 0.15) is 0 Å². The lowest BCUT2D eigenvalue weighted by Gasteiger charge is -2.02.